The zero-order chi connectivity index (χ0) is 37.7. The largest absolute Gasteiger partial charge is 0.455 e. The monoisotopic (exact) mass is 728 g/mol. The Balaban J connectivity index is 1.20. The minimum Gasteiger partial charge on any atom is -0.455 e. The molecule has 0 fully saturated rings. The van der Waals surface area contributed by atoms with Crippen LogP contribution in [0.25, 0.3) is 82.8 Å². The van der Waals surface area contributed by atoms with Crippen LogP contribution in [0.2, 0.25) is 0 Å². The predicted octanol–water partition coefficient (Wildman–Crippen LogP) is 15.2. The number of hydrogen-bond donors (Lipinski definition) is 0. The minimum absolute atomic E-state index is 0.890. The summed E-state index contributed by atoms with van der Waals surface area (Å²) < 4.78 is 9.10. The van der Waals surface area contributed by atoms with Gasteiger partial charge in [0.15, 0.2) is 0 Å². The maximum Gasteiger partial charge on any atom is 0.143 e. The average Bonchev–Trinajstić information content (AvgIpc) is 3.84. The van der Waals surface area contributed by atoms with E-state index in [0.717, 1.165) is 66.8 Å². The topological polar surface area (TPSA) is 21.3 Å². The number of anilines is 3. The Bertz CT molecular complexity index is 3230. The van der Waals surface area contributed by atoms with Crippen molar-refractivity contribution in [1.82, 2.24) is 4.57 Å². The Morgan fingerprint density at radius 3 is 1.79 bits per heavy atom. The lowest BCUT2D eigenvalue weighted by atomic mass is 9.98. The van der Waals surface area contributed by atoms with Crippen molar-refractivity contribution in [2.75, 3.05) is 4.90 Å². The molecule has 0 spiro atoms. The maximum absolute atomic E-state index is 6.63. The summed E-state index contributed by atoms with van der Waals surface area (Å²) >= 11 is 0. The first-order valence-electron chi connectivity index (χ1n) is 19.4. The molecule has 0 saturated heterocycles. The van der Waals surface area contributed by atoms with Crippen LogP contribution in [0, 0.1) is 0 Å². The zero-order valence-corrected chi connectivity index (χ0v) is 31.1. The second-order valence-corrected chi connectivity index (χ2v) is 14.5. The highest BCUT2D eigenvalue weighted by atomic mass is 16.3. The number of rotatable bonds is 7. The number of fused-ring (bicyclic) bond motifs is 6. The first kappa shape index (κ1) is 32.8. The molecule has 0 aliphatic heterocycles. The van der Waals surface area contributed by atoms with Crippen molar-refractivity contribution >= 4 is 60.8 Å². The number of para-hydroxylation sites is 5. The molecule has 0 bridgehead atoms. The van der Waals surface area contributed by atoms with E-state index in [4.69, 9.17) is 4.42 Å². The Labute approximate surface area is 330 Å². The third-order valence-electron chi connectivity index (χ3n) is 11.2. The molecule has 3 nitrogen and oxygen atoms in total. The van der Waals surface area contributed by atoms with Crippen molar-refractivity contribution in [3.05, 3.63) is 218 Å². The number of nitrogens with zero attached hydrogens (tertiary/aromatic N) is 2. The molecule has 0 aliphatic carbocycles. The lowest BCUT2D eigenvalue weighted by Crippen LogP contribution is -2.11. The molecule has 0 aliphatic rings. The predicted molar refractivity (Wildman–Crippen MR) is 239 cm³/mol. The molecule has 11 aromatic rings. The Morgan fingerprint density at radius 1 is 0.368 bits per heavy atom. The second kappa shape index (κ2) is 13.6. The number of benzene rings is 9. The summed E-state index contributed by atoms with van der Waals surface area (Å²) in [5, 5.41) is 4.60. The molecule has 2 aromatic heterocycles. The van der Waals surface area contributed by atoms with Gasteiger partial charge >= 0.3 is 0 Å². The van der Waals surface area contributed by atoms with E-state index in [-0.39, 0.29) is 0 Å². The summed E-state index contributed by atoms with van der Waals surface area (Å²) in [5.41, 5.74) is 15.3. The van der Waals surface area contributed by atoms with E-state index >= 15 is 0 Å². The number of hydrogen-bond acceptors (Lipinski definition) is 2. The van der Waals surface area contributed by atoms with Gasteiger partial charge in [0, 0.05) is 43.9 Å². The molecule has 0 radical (unpaired) electrons. The smallest absolute Gasteiger partial charge is 0.143 e. The second-order valence-electron chi connectivity index (χ2n) is 14.5. The minimum atomic E-state index is 0.890. The molecule has 0 N–H and O–H groups in total. The Hall–Kier alpha value is -7.62. The highest BCUT2D eigenvalue weighted by Crippen LogP contribution is 2.48. The van der Waals surface area contributed by atoms with E-state index in [0.29, 0.717) is 0 Å². The van der Waals surface area contributed by atoms with Gasteiger partial charge in [-0.3, -0.25) is 0 Å². The van der Waals surface area contributed by atoms with Gasteiger partial charge in [0.1, 0.15) is 11.2 Å². The van der Waals surface area contributed by atoms with Crippen LogP contribution >= 0.6 is 0 Å². The molecule has 0 amide bonds. The summed E-state index contributed by atoms with van der Waals surface area (Å²) in [7, 11) is 0. The quantitative estimate of drug-likeness (QED) is 0.163. The van der Waals surface area contributed by atoms with Crippen molar-refractivity contribution in [2.45, 2.75) is 0 Å². The van der Waals surface area contributed by atoms with Crippen molar-refractivity contribution in [3.63, 3.8) is 0 Å². The molecule has 3 heteroatoms. The van der Waals surface area contributed by atoms with Crippen LogP contribution in [-0.4, -0.2) is 4.57 Å². The van der Waals surface area contributed by atoms with Crippen LogP contribution in [0.5, 0.6) is 0 Å². The van der Waals surface area contributed by atoms with Crippen molar-refractivity contribution in [1.29, 1.82) is 0 Å². The van der Waals surface area contributed by atoms with Crippen LogP contribution in [-0.2, 0) is 0 Å². The van der Waals surface area contributed by atoms with E-state index in [1.54, 1.807) is 0 Å². The van der Waals surface area contributed by atoms with E-state index < -0.39 is 0 Å². The van der Waals surface area contributed by atoms with Crippen LogP contribution < -0.4 is 4.90 Å². The Morgan fingerprint density at radius 2 is 0.965 bits per heavy atom. The lowest BCUT2D eigenvalue weighted by molar-refractivity contribution is 0.670. The highest BCUT2D eigenvalue weighted by Gasteiger charge is 2.25. The van der Waals surface area contributed by atoms with Gasteiger partial charge in [-0.1, -0.05) is 170 Å². The molecule has 0 atom stereocenters. The van der Waals surface area contributed by atoms with Gasteiger partial charge in [-0.05, 0) is 65.2 Å². The van der Waals surface area contributed by atoms with Crippen LogP contribution in [0.15, 0.2) is 223 Å². The van der Waals surface area contributed by atoms with Crippen molar-refractivity contribution in [3.8, 4) is 39.1 Å². The van der Waals surface area contributed by atoms with Gasteiger partial charge in [0.2, 0.25) is 0 Å². The van der Waals surface area contributed by atoms with Gasteiger partial charge in [-0.25, -0.2) is 0 Å². The van der Waals surface area contributed by atoms with E-state index in [9.17, 15) is 0 Å². The fourth-order valence-electron chi connectivity index (χ4n) is 8.68. The summed E-state index contributed by atoms with van der Waals surface area (Å²) in [6.07, 6.45) is 0. The van der Waals surface area contributed by atoms with Gasteiger partial charge in [-0.2, -0.15) is 0 Å². The summed E-state index contributed by atoms with van der Waals surface area (Å²) in [6.45, 7) is 0. The molecule has 11 rings (SSSR count). The molecule has 268 valence electrons. The van der Waals surface area contributed by atoms with E-state index in [1.165, 1.54) is 33.0 Å². The molecule has 0 unspecified atom stereocenters. The van der Waals surface area contributed by atoms with E-state index in [2.05, 4.69) is 222 Å². The number of aromatic nitrogens is 1. The third-order valence-corrected chi connectivity index (χ3v) is 11.2. The normalized spacial score (nSPS) is 11.5. The Kier molecular flexibility index (Phi) is 7.82. The molecule has 0 saturated carbocycles. The average molecular weight is 729 g/mol. The van der Waals surface area contributed by atoms with Gasteiger partial charge in [0.25, 0.3) is 0 Å². The fourth-order valence-corrected chi connectivity index (χ4v) is 8.68. The van der Waals surface area contributed by atoms with Crippen LogP contribution in [0.3, 0.4) is 0 Å². The molecule has 2 heterocycles. The summed E-state index contributed by atoms with van der Waals surface area (Å²) in [4.78, 5) is 2.43. The molecule has 9 aromatic carbocycles. The molecular formula is C54H36N2O. The first-order chi connectivity index (χ1) is 28.3. The van der Waals surface area contributed by atoms with Gasteiger partial charge in [-0.15, -0.1) is 0 Å². The van der Waals surface area contributed by atoms with Crippen molar-refractivity contribution < 1.29 is 4.42 Å². The standard InChI is InChI=1S/C54H36N2O/c1-4-18-37(19-5-1)39-34-35-41(38-20-6-2-7-21-38)51(36-39)56-48-30-14-11-26-46(48)53-49(31-17-32-50(53)56)55(40-22-8-3-9-23-40)47-29-13-10-24-42(47)44-27-16-28-45-43-25-12-15-33-52(43)57-54(44)45/h1-36H. The summed E-state index contributed by atoms with van der Waals surface area (Å²) in [5.74, 6) is 0. The molecule has 57 heavy (non-hydrogen) atoms. The van der Waals surface area contributed by atoms with Gasteiger partial charge < -0.3 is 13.9 Å². The SMILES string of the molecule is c1ccc(-c2ccc(-c3ccccc3)c(-n3c4ccccc4c4c(N(c5ccccc5)c5ccccc5-c5cccc6c5oc5ccccc56)cccc43)c2)cc1. The first-order valence-corrected chi connectivity index (χ1v) is 19.4. The zero-order valence-electron chi connectivity index (χ0n) is 31.1. The van der Waals surface area contributed by atoms with E-state index in [1.807, 2.05) is 6.07 Å². The highest BCUT2D eigenvalue weighted by molar-refractivity contribution is 6.18. The molecular weight excluding hydrogens is 693 g/mol. The maximum atomic E-state index is 6.63. The number of furan rings is 1. The van der Waals surface area contributed by atoms with Crippen LogP contribution in [0.1, 0.15) is 0 Å². The van der Waals surface area contributed by atoms with Crippen LogP contribution in [0.4, 0.5) is 17.1 Å². The summed E-state index contributed by atoms with van der Waals surface area (Å²) in [6, 6.07) is 78.1. The van der Waals surface area contributed by atoms with Gasteiger partial charge in [0.05, 0.1) is 28.1 Å². The fraction of sp³-hybridized carbons (Fsp3) is 0. The lowest BCUT2D eigenvalue weighted by Gasteiger charge is -2.28. The van der Waals surface area contributed by atoms with Crippen molar-refractivity contribution in [2.24, 2.45) is 0 Å². The third kappa shape index (κ3) is 5.43.